The lowest BCUT2D eigenvalue weighted by Crippen LogP contribution is -2.52. The SMILES string of the molecule is Oc1cc(C23CC4CC(CC(C4)C2)C3)c(C23CC4CC(CC(C4)C2)C3)c(O)c1O. The van der Waals surface area contributed by atoms with Crippen LogP contribution in [0.15, 0.2) is 6.07 Å². The molecule has 0 radical (unpaired) electrons. The lowest BCUT2D eigenvalue weighted by Gasteiger charge is -2.60. The van der Waals surface area contributed by atoms with E-state index in [4.69, 9.17) is 0 Å². The minimum Gasteiger partial charge on any atom is -0.504 e. The Bertz CT molecular complexity index is 814. The topological polar surface area (TPSA) is 60.7 Å². The third-order valence-electron chi connectivity index (χ3n) is 10.4. The minimum atomic E-state index is -0.274. The molecule has 0 aromatic heterocycles. The maximum Gasteiger partial charge on any atom is 0.200 e. The second-order valence-electron chi connectivity index (χ2n) is 12.4. The van der Waals surface area contributed by atoms with E-state index in [1.807, 2.05) is 6.07 Å². The average molecular weight is 395 g/mol. The molecule has 0 saturated heterocycles. The van der Waals surface area contributed by atoms with Crippen LogP contribution in [0.4, 0.5) is 0 Å². The Balaban J connectivity index is 1.43. The van der Waals surface area contributed by atoms with Crippen LogP contribution in [0.2, 0.25) is 0 Å². The van der Waals surface area contributed by atoms with Crippen molar-refractivity contribution in [3.8, 4) is 17.2 Å². The van der Waals surface area contributed by atoms with Gasteiger partial charge in [0.2, 0.25) is 5.75 Å². The van der Waals surface area contributed by atoms with Crippen molar-refractivity contribution in [2.75, 3.05) is 0 Å². The maximum absolute atomic E-state index is 11.3. The molecule has 0 unspecified atom stereocenters. The number of phenols is 3. The fraction of sp³-hybridized carbons (Fsp3) is 0.769. The van der Waals surface area contributed by atoms with E-state index in [2.05, 4.69) is 0 Å². The van der Waals surface area contributed by atoms with Crippen LogP contribution < -0.4 is 0 Å². The van der Waals surface area contributed by atoms with Crippen molar-refractivity contribution in [1.29, 1.82) is 0 Å². The number of hydrogen-bond donors (Lipinski definition) is 3. The molecule has 3 nitrogen and oxygen atoms in total. The predicted octanol–water partition coefficient (Wildman–Crippen LogP) is 5.74. The van der Waals surface area contributed by atoms with Gasteiger partial charge < -0.3 is 15.3 Å². The minimum absolute atomic E-state index is 0.0256. The van der Waals surface area contributed by atoms with Crippen molar-refractivity contribution in [2.24, 2.45) is 35.5 Å². The number of rotatable bonds is 2. The smallest absolute Gasteiger partial charge is 0.200 e. The Morgan fingerprint density at radius 1 is 0.552 bits per heavy atom. The third kappa shape index (κ3) is 2.25. The second kappa shape index (κ2) is 5.45. The predicted molar refractivity (Wildman–Crippen MR) is 111 cm³/mol. The van der Waals surface area contributed by atoms with Gasteiger partial charge in [-0.1, -0.05) is 0 Å². The van der Waals surface area contributed by atoms with Gasteiger partial charge in [-0.2, -0.15) is 0 Å². The largest absolute Gasteiger partial charge is 0.504 e. The lowest BCUT2D eigenvalue weighted by molar-refractivity contribution is -0.0184. The Morgan fingerprint density at radius 3 is 1.34 bits per heavy atom. The first kappa shape index (κ1) is 17.3. The molecule has 1 aromatic rings. The van der Waals surface area contributed by atoms with Crippen LogP contribution in [0, 0.1) is 35.5 Å². The molecule has 8 aliphatic rings. The van der Waals surface area contributed by atoms with Crippen LogP contribution in [0.3, 0.4) is 0 Å². The monoisotopic (exact) mass is 394 g/mol. The van der Waals surface area contributed by atoms with Gasteiger partial charge in [-0.3, -0.25) is 0 Å². The van der Waals surface area contributed by atoms with Crippen LogP contribution >= 0.6 is 0 Å². The van der Waals surface area contributed by atoms with Crippen molar-refractivity contribution in [2.45, 2.75) is 87.9 Å². The molecule has 0 spiro atoms. The van der Waals surface area contributed by atoms with Crippen LogP contribution in [0.5, 0.6) is 17.2 Å². The first-order chi connectivity index (χ1) is 13.9. The summed E-state index contributed by atoms with van der Waals surface area (Å²) in [5.74, 6) is 4.49. The zero-order valence-electron chi connectivity index (χ0n) is 17.4. The van der Waals surface area contributed by atoms with Crippen LogP contribution in [0.1, 0.15) is 88.2 Å². The first-order valence-electron chi connectivity index (χ1n) is 12.2. The molecule has 8 bridgehead atoms. The molecule has 1 aromatic carbocycles. The molecule has 8 aliphatic carbocycles. The zero-order chi connectivity index (χ0) is 19.5. The summed E-state index contributed by atoms with van der Waals surface area (Å²) in [5, 5.41) is 32.5. The fourth-order valence-electron chi connectivity index (χ4n) is 10.5. The fourth-order valence-corrected chi connectivity index (χ4v) is 10.5. The van der Waals surface area contributed by atoms with E-state index in [-0.39, 0.29) is 28.1 Å². The Hall–Kier alpha value is -1.38. The molecule has 3 N–H and O–H groups in total. The van der Waals surface area contributed by atoms with Crippen molar-refractivity contribution in [3.63, 3.8) is 0 Å². The van der Waals surface area contributed by atoms with Crippen molar-refractivity contribution in [1.82, 2.24) is 0 Å². The normalized spacial score (nSPS) is 49.1. The highest BCUT2D eigenvalue weighted by atomic mass is 16.3. The number of benzene rings is 1. The Labute approximate surface area is 173 Å². The van der Waals surface area contributed by atoms with Crippen molar-refractivity contribution < 1.29 is 15.3 Å². The van der Waals surface area contributed by atoms with E-state index in [1.54, 1.807) is 0 Å². The van der Waals surface area contributed by atoms with Gasteiger partial charge in [0.05, 0.1) is 0 Å². The number of hydrogen-bond acceptors (Lipinski definition) is 3. The van der Waals surface area contributed by atoms with Crippen molar-refractivity contribution in [3.05, 3.63) is 17.2 Å². The molecular weight excluding hydrogens is 360 g/mol. The van der Waals surface area contributed by atoms with Crippen LogP contribution in [-0.4, -0.2) is 15.3 Å². The summed E-state index contributed by atoms with van der Waals surface area (Å²) < 4.78 is 0. The van der Waals surface area contributed by atoms with E-state index >= 15 is 0 Å². The van der Waals surface area contributed by atoms with Crippen molar-refractivity contribution >= 4 is 0 Å². The van der Waals surface area contributed by atoms with E-state index in [9.17, 15) is 15.3 Å². The van der Waals surface area contributed by atoms with E-state index < -0.39 is 0 Å². The van der Waals surface area contributed by atoms with Gasteiger partial charge in [0.1, 0.15) is 0 Å². The molecule has 0 amide bonds. The molecule has 0 aliphatic heterocycles. The van der Waals surface area contributed by atoms with Gasteiger partial charge in [-0.05, 0) is 130 Å². The molecule has 29 heavy (non-hydrogen) atoms. The molecule has 0 heterocycles. The maximum atomic E-state index is 11.3. The van der Waals surface area contributed by atoms with Gasteiger partial charge in [0, 0.05) is 11.0 Å². The molecule has 0 atom stereocenters. The second-order valence-corrected chi connectivity index (χ2v) is 12.4. The summed E-state index contributed by atoms with van der Waals surface area (Å²) in [6.07, 6.45) is 15.5. The molecule has 8 saturated carbocycles. The molecule has 156 valence electrons. The van der Waals surface area contributed by atoms with Crippen LogP contribution in [0.25, 0.3) is 0 Å². The lowest BCUT2D eigenvalue weighted by atomic mass is 9.44. The highest BCUT2D eigenvalue weighted by Gasteiger charge is 2.57. The van der Waals surface area contributed by atoms with Gasteiger partial charge in [-0.25, -0.2) is 0 Å². The van der Waals surface area contributed by atoms with Crippen LogP contribution in [-0.2, 0) is 10.8 Å². The quantitative estimate of drug-likeness (QED) is 0.561. The molecule has 9 rings (SSSR count). The summed E-state index contributed by atoms with van der Waals surface area (Å²) in [7, 11) is 0. The zero-order valence-corrected chi connectivity index (χ0v) is 17.4. The molecule has 3 heteroatoms. The first-order valence-corrected chi connectivity index (χ1v) is 12.2. The standard InChI is InChI=1S/C26H34O3/c27-21-7-20(25-8-14-1-15(9-25)3-16(2-14)10-25)22(24(29)23(21)28)26-11-17-4-18(12-26)6-19(5-17)13-26/h7,14-19,27-29H,1-6,8-13H2. The third-order valence-corrected chi connectivity index (χ3v) is 10.4. The summed E-state index contributed by atoms with van der Waals surface area (Å²) in [4.78, 5) is 0. The highest BCUT2D eigenvalue weighted by molar-refractivity contribution is 5.62. The van der Waals surface area contributed by atoms with E-state index in [0.29, 0.717) is 0 Å². The average Bonchev–Trinajstić information content (AvgIpc) is 2.63. The van der Waals surface area contributed by atoms with Gasteiger partial charge in [-0.15, -0.1) is 0 Å². The molecule has 8 fully saturated rings. The van der Waals surface area contributed by atoms with E-state index in [0.717, 1.165) is 41.1 Å². The summed E-state index contributed by atoms with van der Waals surface area (Å²) >= 11 is 0. The van der Waals surface area contributed by atoms with E-state index in [1.165, 1.54) is 82.6 Å². The van der Waals surface area contributed by atoms with Gasteiger partial charge >= 0.3 is 0 Å². The summed E-state index contributed by atoms with van der Waals surface area (Å²) in [5.41, 5.74) is 2.47. The number of aromatic hydroxyl groups is 3. The van der Waals surface area contributed by atoms with Gasteiger partial charge in [0.25, 0.3) is 0 Å². The Kier molecular flexibility index (Phi) is 3.25. The Morgan fingerprint density at radius 2 is 0.931 bits per heavy atom. The van der Waals surface area contributed by atoms with Gasteiger partial charge in [0.15, 0.2) is 11.5 Å². The highest BCUT2D eigenvalue weighted by Crippen LogP contribution is 2.67. The number of phenolic OH excluding ortho intramolecular Hbond substituents is 3. The summed E-state index contributed by atoms with van der Waals surface area (Å²) in [6.45, 7) is 0. The molecular formula is C26H34O3. The summed E-state index contributed by atoms with van der Waals surface area (Å²) in [6, 6.07) is 1.90.